The molecule has 1 N–H and O–H groups in total. The molecule has 1 saturated carbocycles. The molecule has 3 rings (SSSR count). The molecule has 1 fully saturated rings. The number of aryl methyl sites for hydroxylation is 1. The monoisotopic (exact) mass is 468 g/mol. The molecule has 34 heavy (non-hydrogen) atoms. The van der Waals surface area contributed by atoms with Crippen LogP contribution in [0.5, 0.6) is 17.2 Å². The summed E-state index contributed by atoms with van der Waals surface area (Å²) in [6, 6.07) is 12.6. The molecule has 1 aliphatic rings. The van der Waals surface area contributed by atoms with Gasteiger partial charge in [0.1, 0.15) is 23.3 Å². The van der Waals surface area contributed by atoms with Crippen LogP contribution in [0.1, 0.15) is 50.2 Å². The van der Waals surface area contributed by atoms with Gasteiger partial charge in [0.05, 0.1) is 14.2 Å². The van der Waals surface area contributed by atoms with E-state index in [-0.39, 0.29) is 24.5 Å². The Bertz CT molecular complexity index is 949. The highest BCUT2D eigenvalue weighted by Gasteiger charge is 2.28. The van der Waals surface area contributed by atoms with Crippen molar-refractivity contribution in [1.29, 1.82) is 0 Å². The Hall–Kier alpha value is -3.22. The van der Waals surface area contributed by atoms with Gasteiger partial charge < -0.3 is 24.4 Å². The van der Waals surface area contributed by atoms with E-state index in [0.717, 1.165) is 36.8 Å². The number of hydrogen-bond donors (Lipinski definition) is 1. The number of benzene rings is 2. The highest BCUT2D eigenvalue weighted by molar-refractivity contribution is 5.88. The predicted octanol–water partition coefficient (Wildman–Crippen LogP) is 4.26. The van der Waals surface area contributed by atoms with Crippen molar-refractivity contribution in [2.45, 2.75) is 64.6 Å². The first kappa shape index (κ1) is 25.4. The number of amides is 2. The second kappa shape index (κ2) is 12.3. The zero-order valence-corrected chi connectivity index (χ0v) is 20.6. The summed E-state index contributed by atoms with van der Waals surface area (Å²) in [6.45, 7) is 3.91. The topological polar surface area (TPSA) is 77.1 Å². The summed E-state index contributed by atoms with van der Waals surface area (Å²) in [5.41, 5.74) is 2.07. The summed E-state index contributed by atoms with van der Waals surface area (Å²) in [6.07, 6.45) is 5.45. The largest absolute Gasteiger partial charge is 0.496 e. The normalized spacial score (nSPS) is 14.7. The molecular formula is C27H36N2O5. The number of methoxy groups -OCH3 is 2. The SMILES string of the molecule is COc1cc(OC)cc(OCC(=O)N(Cc2cccc(C)c2)[C@H](C)C(=O)NC2CCCCC2)c1. The number of carbonyl (C=O) groups excluding carboxylic acids is 2. The van der Waals surface area contributed by atoms with Crippen LogP contribution in [-0.4, -0.2) is 49.6 Å². The third kappa shape index (κ3) is 7.14. The lowest BCUT2D eigenvalue weighted by Gasteiger charge is -2.31. The maximum absolute atomic E-state index is 13.3. The van der Waals surface area contributed by atoms with Crippen molar-refractivity contribution in [3.63, 3.8) is 0 Å². The Kier molecular flexibility index (Phi) is 9.19. The number of ether oxygens (including phenoxy) is 3. The fourth-order valence-corrected chi connectivity index (χ4v) is 4.25. The minimum Gasteiger partial charge on any atom is -0.496 e. The van der Waals surface area contributed by atoms with Gasteiger partial charge in [-0.1, -0.05) is 49.1 Å². The van der Waals surface area contributed by atoms with Crippen LogP contribution in [0.25, 0.3) is 0 Å². The quantitative estimate of drug-likeness (QED) is 0.564. The molecule has 0 bridgehead atoms. The van der Waals surface area contributed by atoms with E-state index in [1.165, 1.54) is 6.42 Å². The third-order valence-electron chi connectivity index (χ3n) is 6.24. The first-order chi connectivity index (χ1) is 16.4. The highest BCUT2D eigenvalue weighted by atomic mass is 16.5. The minimum absolute atomic E-state index is 0.129. The lowest BCUT2D eigenvalue weighted by Crippen LogP contribution is -2.51. The van der Waals surface area contributed by atoms with Gasteiger partial charge in [-0.05, 0) is 32.3 Å². The Balaban J connectivity index is 1.73. The van der Waals surface area contributed by atoms with Crippen molar-refractivity contribution in [3.8, 4) is 17.2 Å². The zero-order valence-electron chi connectivity index (χ0n) is 20.6. The molecule has 7 heteroatoms. The number of hydrogen-bond acceptors (Lipinski definition) is 5. The molecule has 1 atom stereocenters. The molecule has 0 radical (unpaired) electrons. The van der Waals surface area contributed by atoms with E-state index in [0.29, 0.717) is 23.8 Å². The smallest absolute Gasteiger partial charge is 0.261 e. The molecule has 2 amide bonds. The molecule has 0 unspecified atom stereocenters. The van der Waals surface area contributed by atoms with Gasteiger partial charge in [0.15, 0.2) is 6.61 Å². The van der Waals surface area contributed by atoms with Gasteiger partial charge in [-0.25, -0.2) is 0 Å². The van der Waals surface area contributed by atoms with E-state index < -0.39 is 6.04 Å². The molecule has 184 valence electrons. The number of nitrogens with zero attached hydrogens (tertiary/aromatic N) is 1. The van der Waals surface area contributed by atoms with Crippen LogP contribution >= 0.6 is 0 Å². The molecule has 0 saturated heterocycles. The molecule has 7 nitrogen and oxygen atoms in total. The summed E-state index contributed by atoms with van der Waals surface area (Å²) in [5.74, 6) is 1.20. The first-order valence-corrected chi connectivity index (χ1v) is 11.9. The lowest BCUT2D eigenvalue weighted by atomic mass is 9.95. The first-order valence-electron chi connectivity index (χ1n) is 11.9. The summed E-state index contributed by atoms with van der Waals surface area (Å²) in [4.78, 5) is 28.0. The second-order valence-corrected chi connectivity index (χ2v) is 8.87. The van der Waals surface area contributed by atoms with Crippen molar-refractivity contribution in [2.75, 3.05) is 20.8 Å². The third-order valence-corrected chi connectivity index (χ3v) is 6.24. The fraction of sp³-hybridized carbons (Fsp3) is 0.481. The van der Waals surface area contributed by atoms with E-state index in [2.05, 4.69) is 5.32 Å². The van der Waals surface area contributed by atoms with E-state index in [4.69, 9.17) is 14.2 Å². The number of carbonyl (C=O) groups is 2. The van der Waals surface area contributed by atoms with Crippen LogP contribution < -0.4 is 19.5 Å². The van der Waals surface area contributed by atoms with Gasteiger partial charge in [-0.2, -0.15) is 0 Å². The molecular weight excluding hydrogens is 432 g/mol. The van der Waals surface area contributed by atoms with Gasteiger partial charge in [0.25, 0.3) is 5.91 Å². The number of rotatable bonds is 10. The van der Waals surface area contributed by atoms with Crippen LogP contribution in [0.2, 0.25) is 0 Å². The molecule has 0 aliphatic heterocycles. The van der Waals surface area contributed by atoms with Crippen molar-refractivity contribution >= 4 is 11.8 Å². The second-order valence-electron chi connectivity index (χ2n) is 8.87. The molecule has 2 aromatic carbocycles. The van der Waals surface area contributed by atoms with E-state index in [1.807, 2.05) is 31.2 Å². The van der Waals surface area contributed by atoms with Crippen LogP contribution in [0.3, 0.4) is 0 Å². The molecule has 2 aromatic rings. The maximum atomic E-state index is 13.3. The Morgan fingerprint density at radius 2 is 1.65 bits per heavy atom. The highest BCUT2D eigenvalue weighted by Crippen LogP contribution is 2.27. The van der Waals surface area contributed by atoms with Crippen LogP contribution in [-0.2, 0) is 16.1 Å². The minimum atomic E-state index is -0.626. The summed E-state index contributed by atoms with van der Waals surface area (Å²) in [5, 5.41) is 3.15. The molecule has 0 spiro atoms. The van der Waals surface area contributed by atoms with Crippen LogP contribution in [0, 0.1) is 6.92 Å². The Morgan fingerprint density at radius 3 is 2.26 bits per heavy atom. The average Bonchev–Trinajstić information content (AvgIpc) is 2.85. The van der Waals surface area contributed by atoms with Gasteiger partial charge >= 0.3 is 0 Å². The van der Waals surface area contributed by atoms with Crippen LogP contribution in [0.4, 0.5) is 0 Å². The maximum Gasteiger partial charge on any atom is 0.261 e. The van der Waals surface area contributed by atoms with Gasteiger partial charge in [0.2, 0.25) is 5.91 Å². The summed E-state index contributed by atoms with van der Waals surface area (Å²) in [7, 11) is 3.11. The van der Waals surface area contributed by atoms with Crippen molar-refractivity contribution < 1.29 is 23.8 Å². The average molecular weight is 469 g/mol. The van der Waals surface area contributed by atoms with Gasteiger partial charge in [-0.15, -0.1) is 0 Å². The molecule has 1 aliphatic carbocycles. The molecule has 0 heterocycles. The van der Waals surface area contributed by atoms with Crippen molar-refractivity contribution in [3.05, 3.63) is 53.6 Å². The zero-order chi connectivity index (χ0) is 24.5. The van der Waals surface area contributed by atoms with E-state index >= 15 is 0 Å². The lowest BCUT2D eigenvalue weighted by molar-refractivity contribution is -0.142. The van der Waals surface area contributed by atoms with Crippen LogP contribution in [0.15, 0.2) is 42.5 Å². The van der Waals surface area contributed by atoms with E-state index in [9.17, 15) is 9.59 Å². The van der Waals surface area contributed by atoms with E-state index in [1.54, 1.807) is 44.2 Å². The van der Waals surface area contributed by atoms with Crippen molar-refractivity contribution in [1.82, 2.24) is 10.2 Å². The molecule has 0 aromatic heterocycles. The summed E-state index contributed by atoms with van der Waals surface area (Å²) < 4.78 is 16.3. The van der Waals surface area contributed by atoms with Gasteiger partial charge in [-0.3, -0.25) is 9.59 Å². The number of nitrogens with one attached hydrogen (secondary N) is 1. The standard InChI is InChI=1S/C27H36N2O5/c1-19-9-8-10-21(13-19)17-29(20(2)27(31)28-22-11-6-5-7-12-22)26(30)18-34-25-15-23(32-3)14-24(16-25)33-4/h8-10,13-16,20,22H,5-7,11-12,17-18H2,1-4H3,(H,28,31)/t20-/m1/s1. The van der Waals surface area contributed by atoms with Gasteiger partial charge in [0, 0.05) is 30.8 Å². The fourth-order valence-electron chi connectivity index (χ4n) is 4.25. The Morgan fingerprint density at radius 1 is 1.00 bits per heavy atom. The Labute approximate surface area is 202 Å². The predicted molar refractivity (Wildman–Crippen MR) is 131 cm³/mol. The summed E-state index contributed by atoms with van der Waals surface area (Å²) >= 11 is 0. The van der Waals surface area contributed by atoms with Crippen molar-refractivity contribution in [2.24, 2.45) is 0 Å².